The number of esters is 1. The van der Waals surface area contributed by atoms with Gasteiger partial charge in [-0.1, -0.05) is 199 Å². The fourth-order valence-corrected chi connectivity index (χ4v) is 43.7. The number of rotatable bonds is 90. The van der Waals surface area contributed by atoms with Crippen LogP contribution >= 0.6 is 128 Å². The number of unbranched alkanes of at least 4 members (excludes halogenated alkanes) is 8. The molecule has 15 unspecified atom stereocenters. The van der Waals surface area contributed by atoms with E-state index >= 15 is 0 Å². The molecule has 0 amide bonds. The third kappa shape index (κ3) is 64.4. The number of hydrogen-bond acceptors (Lipinski definition) is 28. The van der Waals surface area contributed by atoms with Crippen LogP contribution in [0.15, 0.2) is 0 Å². The van der Waals surface area contributed by atoms with E-state index in [0.717, 1.165) is 193 Å². The predicted octanol–water partition coefficient (Wildman–Crippen LogP) is 33.6. The van der Waals surface area contributed by atoms with Crippen LogP contribution in [0.3, 0.4) is 0 Å². The van der Waals surface area contributed by atoms with Gasteiger partial charge in [0.1, 0.15) is 0 Å². The summed E-state index contributed by atoms with van der Waals surface area (Å²) in [6.07, 6.45) is 29.9. The molecular weight excluding hydrogens is 1880 g/mol. The van der Waals surface area contributed by atoms with Gasteiger partial charge in [0.2, 0.25) is 0 Å². The van der Waals surface area contributed by atoms with E-state index in [9.17, 15) is 4.79 Å². The molecule has 15 atom stereocenters. The Morgan fingerprint density at radius 3 is 0.877 bits per heavy atom. The first-order valence-electron chi connectivity index (χ1n) is 48.0. The van der Waals surface area contributed by atoms with Crippen LogP contribution in [-0.2, 0) is 121 Å². The summed E-state index contributed by atoms with van der Waals surface area (Å²) in [5.74, 6) is 6.41. The Balaban J connectivity index is 7.92. The summed E-state index contributed by atoms with van der Waals surface area (Å²) < 4.78 is 103. The molecule has 0 N–H and O–H groups in total. The molecule has 0 aliphatic carbocycles. The normalized spacial score (nSPS) is 18.5. The zero-order valence-electron chi connectivity index (χ0n) is 81.4. The third-order valence-corrected chi connectivity index (χ3v) is 56.8. The first-order valence-corrected chi connectivity index (χ1v) is 74.8. The summed E-state index contributed by atoms with van der Waals surface area (Å²) in [7, 11) is 1.41. The molecule has 0 aromatic rings. The molecule has 0 rings (SSSR count). The van der Waals surface area contributed by atoms with Gasteiger partial charge in [-0.25, -0.2) is 0 Å². The van der Waals surface area contributed by atoms with Crippen LogP contribution in [0.1, 0.15) is 364 Å². The Morgan fingerprint density at radius 1 is 0.344 bits per heavy atom. The maximum atomic E-state index is 12.9. The maximum absolute atomic E-state index is 12.9. The van der Waals surface area contributed by atoms with Crippen molar-refractivity contribution in [2.24, 2.45) is 47.3 Å². The summed E-state index contributed by atoms with van der Waals surface area (Å²) in [4.78, 5) is 12.9. The van der Waals surface area contributed by atoms with E-state index in [1.165, 1.54) is 42.7 Å². The summed E-state index contributed by atoms with van der Waals surface area (Å²) in [6, 6.07) is 0. The summed E-state index contributed by atoms with van der Waals surface area (Å²) >= 11 is 42.7. The van der Waals surface area contributed by atoms with Crippen LogP contribution in [0.4, 0.5) is 0 Å². The van der Waals surface area contributed by atoms with Gasteiger partial charge in [-0.05, 0) is 74.0 Å². The van der Waals surface area contributed by atoms with Gasteiger partial charge < -0.3 is 0 Å². The van der Waals surface area contributed by atoms with Gasteiger partial charge in [-0.3, -0.25) is 0 Å². The summed E-state index contributed by atoms with van der Waals surface area (Å²) in [6.45, 7) is 52.7. The van der Waals surface area contributed by atoms with Crippen molar-refractivity contribution in [3.8, 4) is 0 Å². The molecule has 34 heteroatoms. The molecule has 0 radical (unpaired) electrons. The number of hydrogen-bond donors (Lipinski definition) is 1. The van der Waals surface area contributed by atoms with Crippen molar-refractivity contribution in [2.75, 3.05) is 107 Å². The Hall–Kier alpha value is 5.17. The zero-order chi connectivity index (χ0) is 91.7. The number of thioether (sulfide) groups is 1. The van der Waals surface area contributed by atoms with Gasteiger partial charge in [0, 0.05) is 0 Å². The average Bonchev–Trinajstić information content (AvgIpc) is 0.856. The molecule has 0 aliphatic rings. The van der Waals surface area contributed by atoms with Crippen LogP contribution in [0.2, 0.25) is 0 Å². The topological polar surface area (TPSA) is 156 Å². The van der Waals surface area contributed by atoms with Crippen molar-refractivity contribution < 1.29 is 73.3 Å². The molecule has 16 nitrogen and oxygen atoms in total. The van der Waals surface area contributed by atoms with E-state index in [4.69, 9.17) is 128 Å². The first-order chi connectivity index (χ1) is 58.2. The van der Waals surface area contributed by atoms with Crippen molar-refractivity contribution in [1.29, 1.82) is 0 Å². The van der Waals surface area contributed by atoms with E-state index in [0.29, 0.717) is 140 Å². The van der Waals surface area contributed by atoms with Crippen molar-refractivity contribution in [3.05, 3.63) is 0 Å². The number of carbonyl (C=O) groups is 1. The van der Waals surface area contributed by atoms with Crippen molar-refractivity contribution >= 4 is 181 Å². The molecule has 0 spiro atoms. The molecule has 0 saturated carbocycles. The van der Waals surface area contributed by atoms with Crippen molar-refractivity contribution in [1.82, 2.24) is 0 Å². The Bertz CT molecular complexity index is 2530. The fourth-order valence-electron chi connectivity index (χ4n) is 12.8. The first kappa shape index (κ1) is 127. The Labute approximate surface area is 807 Å². The second-order valence-electron chi connectivity index (χ2n) is 33.8. The molecule has 0 heterocycles. The van der Waals surface area contributed by atoms with Crippen LogP contribution in [0, 0.1) is 47.3 Å². The third-order valence-electron chi connectivity index (χ3n) is 22.1. The predicted molar refractivity (Wildman–Crippen MR) is 574 cm³/mol. The second kappa shape index (κ2) is 78.0. The van der Waals surface area contributed by atoms with Crippen LogP contribution < -0.4 is 0 Å². The fraction of sp³-hybridized carbons (Fsp3) is 0.989. The molecule has 122 heavy (non-hydrogen) atoms. The minimum atomic E-state index is -3.55. The van der Waals surface area contributed by atoms with E-state index in [1.54, 1.807) is 57.3 Å². The molecule has 0 saturated heterocycles. The van der Waals surface area contributed by atoms with Crippen molar-refractivity contribution in [3.63, 3.8) is 0 Å². The van der Waals surface area contributed by atoms with E-state index in [-0.39, 0.29) is 24.6 Å². The van der Waals surface area contributed by atoms with Gasteiger partial charge in [-0.15, -0.1) is 0 Å². The molecule has 0 bridgehead atoms. The number of ether oxygens (including phenoxy) is 3. The summed E-state index contributed by atoms with van der Waals surface area (Å²) in [5, 5.41) is 0. The van der Waals surface area contributed by atoms with Gasteiger partial charge in [0.15, 0.2) is 0 Å². The molecule has 0 aromatic heterocycles. The van der Waals surface area contributed by atoms with E-state index in [1.807, 2.05) is 13.8 Å². The molecule has 0 aromatic carbocycles. The average molecular weight is 2070 g/mol. The van der Waals surface area contributed by atoms with Crippen molar-refractivity contribution in [2.45, 2.75) is 406 Å². The molecular formula is C88H186O16P6S12. The van der Waals surface area contributed by atoms with E-state index < -0.39 is 65.9 Å². The number of thiol groups is 1. The zero-order valence-corrected chi connectivity index (χ0v) is 96.8. The summed E-state index contributed by atoms with van der Waals surface area (Å²) in [5.41, 5.74) is -12.4. The van der Waals surface area contributed by atoms with Gasteiger partial charge in [0.25, 0.3) is 0 Å². The van der Waals surface area contributed by atoms with Gasteiger partial charge in [0.05, 0.1) is 0 Å². The van der Waals surface area contributed by atoms with Gasteiger partial charge >= 0.3 is 543 Å². The molecule has 0 aliphatic heterocycles. The van der Waals surface area contributed by atoms with Crippen LogP contribution in [-0.4, -0.2) is 155 Å². The number of methoxy groups -OCH3 is 1. The number of carbonyl (C=O) groups excluding carboxylic acids is 1. The Kier molecular flexibility index (Phi) is 81.3. The second-order valence-corrected chi connectivity index (χ2v) is 73.5. The van der Waals surface area contributed by atoms with E-state index in [2.05, 4.69) is 145 Å². The molecule has 0 fully saturated rings. The minimum absolute atomic E-state index is 0.146. The van der Waals surface area contributed by atoms with Gasteiger partial charge in [-0.2, -0.15) is 0 Å². The Morgan fingerprint density at radius 2 is 0.598 bits per heavy atom. The monoisotopic (exact) mass is 2070 g/mol. The SMILES string of the molecule is CCCCC(CC)COP(=S)(OCC(CC)CCCC)SCC(C)OC(OC(C)CS[PH](C)(OCC(CC)CCCC)OCC(CC)CCCC)SCC(C)O[PH](S)(OC(C)CSP(=S)(OC(C)CSP(=S)(OCC(CC)CCCC)OCC(CC)CCCC)OC(C)CSP(=S)(OCC(CC)CCCC)OCC(CC)CCCC)SCCC(=O)OC. The molecule has 736 valence electrons. The quantitative estimate of drug-likeness (QED) is 0.0265. The van der Waals surface area contributed by atoms with Crippen LogP contribution in [0.5, 0.6) is 0 Å². The van der Waals surface area contributed by atoms with Crippen LogP contribution in [0.25, 0.3) is 0 Å². The standard InChI is InChI=1S/C88H186O16P6S12/c1-25-41-49-79(33-9)59-91-105(24,92-60-80(34-10)50-42-26-2)118-68-73(17)99-88(100-74(18)69-119-106(111,93-61-81(35-11)51-43-27-3)94-62-82(36-12)52-44-28-4)116-67-75(19)101-109(114,117-58-57-87(89)90-23)102-78(22)72-122-110(115,103-76(20)70-120-107(112,95-63-83(37-13)53-45-29-5)96-64-84(38-14)54-46-30-6)104-77(21)71-121-108(113,97-65-85(39-15)55-47-31-7)98-66-86(40-16)56-48-32-8/h73-86,88,105,109,114H,25-72H2,1-24H3.